The number of nitrogen functional groups attached to an aromatic ring is 2. The second-order valence-corrected chi connectivity index (χ2v) is 2.99. The highest BCUT2D eigenvalue weighted by Crippen LogP contribution is 2.13. The standard InChI is InChI=1S/C6H8BrN3/c1-4-2-6(8)10(9)3-5(4)7/h2-3,8H,9H2,1H3/p+1. The third kappa shape index (κ3) is 1.21. The fraction of sp³-hybridized carbons (Fsp3) is 0.167. The fourth-order valence-corrected chi connectivity index (χ4v) is 0.999. The van der Waals surface area contributed by atoms with E-state index in [1.165, 1.54) is 4.68 Å². The highest BCUT2D eigenvalue weighted by Gasteiger charge is 2.03. The van der Waals surface area contributed by atoms with E-state index in [-0.39, 0.29) is 0 Å². The van der Waals surface area contributed by atoms with Gasteiger partial charge in [0.15, 0.2) is 0 Å². The number of hydrogen-bond acceptors (Lipinski definition) is 2. The number of nitrogens with zero attached hydrogens (tertiary/aromatic N) is 1. The lowest BCUT2D eigenvalue weighted by atomic mass is 10.3. The van der Waals surface area contributed by atoms with Crippen molar-refractivity contribution in [2.24, 2.45) is 0 Å². The molecule has 0 amide bonds. The van der Waals surface area contributed by atoms with Crippen LogP contribution in [0.3, 0.4) is 0 Å². The molecule has 0 radical (unpaired) electrons. The van der Waals surface area contributed by atoms with E-state index in [0.717, 1.165) is 10.0 Å². The molecule has 1 rings (SSSR count). The van der Waals surface area contributed by atoms with Gasteiger partial charge < -0.3 is 0 Å². The molecule has 4 N–H and O–H groups in total. The zero-order valence-electron chi connectivity index (χ0n) is 5.63. The molecule has 1 heterocycles. The van der Waals surface area contributed by atoms with Crippen LogP contribution in [0.2, 0.25) is 0 Å². The normalized spacial score (nSPS) is 9.80. The summed E-state index contributed by atoms with van der Waals surface area (Å²) in [6.07, 6.45) is 1.73. The molecule has 1 aromatic rings. The average Bonchev–Trinajstić information content (AvgIpc) is 1.84. The first kappa shape index (κ1) is 7.34. The summed E-state index contributed by atoms with van der Waals surface area (Å²) in [7, 11) is 0. The summed E-state index contributed by atoms with van der Waals surface area (Å²) >= 11 is 3.32. The topological polar surface area (TPSA) is 55.9 Å². The van der Waals surface area contributed by atoms with Crippen LogP contribution >= 0.6 is 15.9 Å². The van der Waals surface area contributed by atoms with E-state index in [9.17, 15) is 0 Å². The molecule has 0 atom stereocenters. The molecule has 0 fully saturated rings. The molecule has 0 spiro atoms. The van der Waals surface area contributed by atoms with E-state index in [2.05, 4.69) is 15.9 Å². The molecule has 0 aliphatic heterocycles. The molecule has 1 aromatic heterocycles. The minimum Gasteiger partial charge on any atom is -0.285 e. The monoisotopic (exact) mass is 202 g/mol. The van der Waals surface area contributed by atoms with Crippen molar-refractivity contribution in [3.05, 3.63) is 22.3 Å². The van der Waals surface area contributed by atoms with E-state index in [4.69, 9.17) is 11.6 Å². The molecule has 54 valence electrons. The summed E-state index contributed by atoms with van der Waals surface area (Å²) in [5.74, 6) is 6.01. The molecule has 3 nitrogen and oxygen atoms in total. The largest absolute Gasteiger partial charge is 0.295 e. The molecule has 0 unspecified atom stereocenters. The highest BCUT2D eigenvalue weighted by molar-refractivity contribution is 9.10. The Morgan fingerprint density at radius 2 is 2.20 bits per heavy atom. The maximum atomic E-state index is 5.51. The summed E-state index contributed by atoms with van der Waals surface area (Å²) in [5, 5.41) is 0. The number of pyridine rings is 1. The molecular formula is C6H9BrN3+. The zero-order chi connectivity index (χ0) is 7.72. The first-order valence-corrected chi connectivity index (χ1v) is 3.63. The Kier molecular flexibility index (Phi) is 1.80. The average molecular weight is 203 g/mol. The summed E-state index contributed by atoms with van der Waals surface area (Å²) in [4.78, 5) is 0. The zero-order valence-corrected chi connectivity index (χ0v) is 7.22. The van der Waals surface area contributed by atoms with E-state index >= 15 is 0 Å². The Morgan fingerprint density at radius 3 is 2.70 bits per heavy atom. The summed E-state index contributed by atoms with van der Waals surface area (Å²) < 4.78 is 2.33. The van der Waals surface area contributed by atoms with Gasteiger partial charge in [-0.15, -0.1) is 4.68 Å². The Bertz CT molecular complexity index is 209. The number of aromatic nitrogens is 1. The SMILES string of the molecule is Cc1cc(N)[n+](N)cc1Br. The van der Waals surface area contributed by atoms with Gasteiger partial charge in [-0.25, -0.2) is 0 Å². The Labute approximate surface area is 67.7 Å². The second kappa shape index (κ2) is 2.46. The van der Waals surface area contributed by atoms with E-state index < -0.39 is 0 Å². The fourth-order valence-electron chi connectivity index (χ4n) is 0.664. The minimum atomic E-state index is 0.556. The van der Waals surface area contributed by atoms with Crippen molar-refractivity contribution in [3.63, 3.8) is 0 Å². The molecule has 0 saturated carbocycles. The van der Waals surface area contributed by atoms with Crippen molar-refractivity contribution in [1.82, 2.24) is 0 Å². The first-order chi connectivity index (χ1) is 4.61. The maximum absolute atomic E-state index is 5.51. The van der Waals surface area contributed by atoms with E-state index in [1.807, 2.05) is 13.0 Å². The van der Waals surface area contributed by atoms with Crippen molar-refractivity contribution in [2.45, 2.75) is 6.92 Å². The molecule has 0 aromatic carbocycles. The summed E-state index contributed by atoms with van der Waals surface area (Å²) in [6.45, 7) is 1.96. The molecule has 4 heteroatoms. The third-order valence-electron chi connectivity index (χ3n) is 1.29. The van der Waals surface area contributed by atoms with Gasteiger partial charge >= 0.3 is 0 Å². The summed E-state index contributed by atoms with van der Waals surface area (Å²) in [5.41, 5.74) is 6.59. The van der Waals surface area contributed by atoms with E-state index in [0.29, 0.717) is 5.82 Å². The van der Waals surface area contributed by atoms with Gasteiger partial charge in [0, 0.05) is 6.07 Å². The molecule has 10 heavy (non-hydrogen) atoms. The summed E-state index contributed by atoms with van der Waals surface area (Å²) in [6, 6.07) is 1.81. The van der Waals surface area contributed by atoms with Crippen molar-refractivity contribution in [3.8, 4) is 0 Å². The lowest BCUT2D eigenvalue weighted by Gasteiger charge is -1.98. The van der Waals surface area contributed by atoms with Gasteiger partial charge in [0.05, 0.1) is 4.47 Å². The van der Waals surface area contributed by atoms with Crippen LogP contribution in [0, 0.1) is 6.92 Å². The quantitative estimate of drug-likeness (QED) is 0.472. The van der Waals surface area contributed by atoms with Crippen LogP contribution < -0.4 is 16.3 Å². The van der Waals surface area contributed by atoms with E-state index in [1.54, 1.807) is 6.20 Å². The van der Waals surface area contributed by atoms with Gasteiger partial charge in [0.2, 0.25) is 0 Å². The maximum Gasteiger partial charge on any atom is 0.295 e. The molecule has 0 aliphatic rings. The van der Waals surface area contributed by atoms with Gasteiger partial charge in [-0.05, 0) is 28.4 Å². The highest BCUT2D eigenvalue weighted by atomic mass is 79.9. The number of halogens is 1. The van der Waals surface area contributed by atoms with Crippen LogP contribution in [0.15, 0.2) is 16.7 Å². The van der Waals surface area contributed by atoms with Crippen LogP contribution in [-0.2, 0) is 0 Å². The van der Waals surface area contributed by atoms with Crippen LogP contribution in [0.4, 0.5) is 5.82 Å². The van der Waals surface area contributed by atoms with Crippen LogP contribution in [0.1, 0.15) is 5.56 Å². The number of aryl methyl sites for hydroxylation is 1. The lowest BCUT2D eigenvalue weighted by Crippen LogP contribution is -2.46. The smallest absolute Gasteiger partial charge is 0.285 e. The van der Waals surface area contributed by atoms with Gasteiger partial charge in [-0.2, -0.15) is 0 Å². The van der Waals surface area contributed by atoms with Crippen molar-refractivity contribution in [1.29, 1.82) is 0 Å². The van der Waals surface area contributed by atoms with Gasteiger partial charge in [-0.1, -0.05) is 0 Å². The van der Waals surface area contributed by atoms with Gasteiger partial charge in [-0.3, -0.25) is 11.6 Å². The number of hydrogen-bond donors (Lipinski definition) is 2. The molecular weight excluding hydrogens is 194 g/mol. The third-order valence-corrected chi connectivity index (χ3v) is 2.12. The van der Waals surface area contributed by atoms with Crippen LogP contribution in [0.5, 0.6) is 0 Å². The van der Waals surface area contributed by atoms with Crippen molar-refractivity contribution >= 4 is 21.7 Å². The van der Waals surface area contributed by atoms with Crippen molar-refractivity contribution < 1.29 is 4.68 Å². The second-order valence-electron chi connectivity index (χ2n) is 2.14. The van der Waals surface area contributed by atoms with Crippen molar-refractivity contribution in [2.75, 3.05) is 11.6 Å². The minimum absolute atomic E-state index is 0.556. The van der Waals surface area contributed by atoms with Crippen LogP contribution in [0.25, 0.3) is 0 Å². The number of anilines is 1. The molecule has 0 saturated heterocycles. The Hall–Kier alpha value is -0.770. The number of nitrogens with two attached hydrogens (primary N) is 2. The Morgan fingerprint density at radius 1 is 1.60 bits per heavy atom. The van der Waals surface area contributed by atoms with Crippen LogP contribution in [-0.4, -0.2) is 0 Å². The molecule has 0 aliphatic carbocycles. The predicted octanol–water partition coefficient (Wildman–Crippen LogP) is 0.341. The predicted molar refractivity (Wildman–Crippen MR) is 43.6 cm³/mol. The Balaban J connectivity index is 3.28. The first-order valence-electron chi connectivity index (χ1n) is 2.83. The van der Waals surface area contributed by atoms with Gasteiger partial charge in [0.1, 0.15) is 6.20 Å². The molecule has 0 bridgehead atoms. The van der Waals surface area contributed by atoms with Gasteiger partial charge in [0.25, 0.3) is 5.82 Å². The number of rotatable bonds is 0. The lowest BCUT2D eigenvalue weighted by molar-refractivity contribution is -0.624.